The lowest BCUT2D eigenvalue weighted by molar-refractivity contribution is 0.146. The van der Waals surface area contributed by atoms with Gasteiger partial charge in [0.2, 0.25) is 0 Å². The van der Waals surface area contributed by atoms with Crippen LogP contribution in [0.15, 0.2) is 29.1 Å². The predicted octanol–water partition coefficient (Wildman–Crippen LogP) is 1.73. The van der Waals surface area contributed by atoms with Crippen LogP contribution in [-0.4, -0.2) is 19.9 Å². The van der Waals surface area contributed by atoms with E-state index in [2.05, 4.69) is 10.1 Å². The maximum absolute atomic E-state index is 9.91. The zero-order chi connectivity index (χ0) is 11.5. The molecule has 0 aliphatic carbocycles. The molecule has 0 fully saturated rings. The van der Waals surface area contributed by atoms with Gasteiger partial charge in [-0.25, -0.2) is 9.67 Å². The van der Waals surface area contributed by atoms with Crippen LogP contribution in [0.25, 0.3) is 0 Å². The van der Waals surface area contributed by atoms with E-state index in [1.54, 1.807) is 23.1 Å². The minimum atomic E-state index is -0.670. The molecule has 0 saturated heterocycles. The van der Waals surface area contributed by atoms with Crippen molar-refractivity contribution in [3.8, 4) is 0 Å². The molecule has 0 aliphatic heterocycles. The van der Waals surface area contributed by atoms with Crippen LogP contribution in [0.4, 0.5) is 0 Å². The van der Waals surface area contributed by atoms with Crippen molar-refractivity contribution in [1.29, 1.82) is 0 Å². The summed E-state index contributed by atoms with van der Waals surface area (Å²) >= 11 is 0. The van der Waals surface area contributed by atoms with Gasteiger partial charge in [-0.1, -0.05) is 0 Å². The van der Waals surface area contributed by atoms with Crippen molar-refractivity contribution in [2.75, 3.05) is 0 Å². The number of aromatic nitrogens is 3. The zero-order valence-corrected chi connectivity index (χ0v) is 9.37. The van der Waals surface area contributed by atoms with Crippen LogP contribution in [0.1, 0.15) is 37.6 Å². The Bertz CT molecular complexity index is 434. The van der Waals surface area contributed by atoms with Gasteiger partial charge in [-0.15, -0.1) is 0 Å². The van der Waals surface area contributed by atoms with E-state index in [1.807, 2.05) is 13.8 Å². The van der Waals surface area contributed by atoms with Crippen molar-refractivity contribution < 1.29 is 9.52 Å². The molecule has 2 rings (SSSR count). The number of hydrogen-bond acceptors (Lipinski definition) is 4. The molecule has 0 spiro atoms. The molecule has 2 aromatic rings. The fourth-order valence-corrected chi connectivity index (χ4v) is 1.61. The van der Waals surface area contributed by atoms with Gasteiger partial charge in [-0.3, -0.25) is 0 Å². The second-order valence-corrected chi connectivity index (χ2v) is 3.95. The fraction of sp³-hybridized carbons (Fsp3) is 0.455. The second-order valence-electron chi connectivity index (χ2n) is 3.95. The monoisotopic (exact) mass is 221 g/mol. The van der Waals surface area contributed by atoms with E-state index >= 15 is 0 Å². The van der Waals surface area contributed by atoms with E-state index in [0.717, 1.165) is 5.82 Å². The lowest BCUT2D eigenvalue weighted by atomic mass is 10.2. The Morgan fingerprint density at radius 3 is 2.94 bits per heavy atom. The van der Waals surface area contributed by atoms with E-state index in [4.69, 9.17) is 4.42 Å². The summed E-state index contributed by atoms with van der Waals surface area (Å²) in [6.45, 7) is 4.05. The molecular weight excluding hydrogens is 206 g/mol. The number of furan rings is 1. The quantitative estimate of drug-likeness (QED) is 0.853. The van der Waals surface area contributed by atoms with Crippen molar-refractivity contribution in [1.82, 2.24) is 14.8 Å². The van der Waals surface area contributed by atoms with Crippen molar-refractivity contribution >= 4 is 0 Å². The molecule has 1 N–H and O–H groups in total. The van der Waals surface area contributed by atoms with Gasteiger partial charge in [0, 0.05) is 12.5 Å². The predicted molar refractivity (Wildman–Crippen MR) is 57.8 cm³/mol. The molecule has 5 nitrogen and oxygen atoms in total. The van der Waals surface area contributed by atoms with E-state index in [9.17, 15) is 5.11 Å². The number of aliphatic hydroxyl groups is 1. The smallest absolute Gasteiger partial charge is 0.138 e. The summed E-state index contributed by atoms with van der Waals surface area (Å²) in [5, 5.41) is 14.0. The third-order valence-electron chi connectivity index (χ3n) is 2.38. The lowest BCUT2D eigenvalue weighted by Gasteiger charge is -2.11. The van der Waals surface area contributed by atoms with Crippen LogP contribution >= 0.6 is 0 Å². The Labute approximate surface area is 93.7 Å². The first kappa shape index (κ1) is 10.9. The normalized spacial score (nSPS) is 13.2. The van der Waals surface area contributed by atoms with Gasteiger partial charge in [0.1, 0.15) is 24.0 Å². The number of nitrogens with zero attached hydrogens (tertiary/aromatic N) is 3. The maximum Gasteiger partial charge on any atom is 0.138 e. The third-order valence-corrected chi connectivity index (χ3v) is 2.38. The molecule has 0 aromatic carbocycles. The molecule has 0 saturated carbocycles. The van der Waals surface area contributed by atoms with Gasteiger partial charge >= 0.3 is 0 Å². The highest BCUT2D eigenvalue weighted by Gasteiger charge is 2.16. The maximum atomic E-state index is 9.91. The first-order valence-corrected chi connectivity index (χ1v) is 5.28. The average molecular weight is 221 g/mol. The highest BCUT2D eigenvalue weighted by molar-refractivity contribution is 5.04. The molecule has 2 aromatic heterocycles. The Kier molecular flexibility index (Phi) is 3.05. The molecule has 1 atom stereocenters. The van der Waals surface area contributed by atoms with Crippen LogP contribution in [0.2, 0.25) is 0 Å². The molecule has 2 heterocycles. The molecule has 0 bridgehead atoms. The van der Waals surface area contributed by atoms with Crippen LogP contribution in [-0.2, 0) is 6.42 Å². The van der Waals surface area contributed by atoms with Crippen LogP contribution in [0.5, 0.6) is 0 Å². The first-order valence-electron chi connectivity index (χ1n) is 5.28. The third kappa shape index (κ3) is 2.14. The van der Waals surface area contributed by atoms with Gasteiger partial charge in [0.15, 0.2) is 0 Å². The highest BCUT2D eigenvalue weighted by atomic mass is 16.4. The molecule has 0 radical (unpaired) electrons. The molecule has 0 amide bonds. The van der Waals surface area contributed by atoms with Gasteiger partial charge < -0.3 is 9.52 Å². The SMILES string of the molecule is CC(C)n1ncnc1CC(O)c1ccco1. The van der Waals surface area contributed by atoms with Gasteiger partial charge in [0.05, 0.1) is 6.26 Å². The van der Waals surface area contributed by atoms with E-state index < -0.39 is 6.10 Å². The van der Waals surface area contributed by atoms with E-state index in [0.29, 0.717) is 12.2 Å². The Balaban J connectivity index is 2.12. The Hall–Kier alpha value is -1.62. The average Bonchev–Trinajstić information content (AvgIpc) is 2.86. The molecule has 16 heavy (non-hydrogen) atoms. The summed E-state index contributed by atoms with van der Waals surface area (Å²) < 4.78 is 6.93. The minimum absolute atomic E-state index is 0.237. The topological polar surface area (TPSA) is 64.1 Å². The van der Waals surface area contributed by atoms with Gasteiger partial charge in [0.25, 0.3) is 0 Å². The number of aliphatic hydroxyl groups excluding tert-OH is 1. The van der Waals surface area contributed by atoms with Crippen LogP contribution in [0.3, 0.4) is 0 Å². The lowest BCUT2D eigenvalue weighted by Crippen LogP contribution is -2.11. The molecule has 86 valence electrons. The highest BCUT2D eigenvalue weighted by Crippen LogP contribution is 2.18. The largest absolute Gasteiger partial charge is 0.467 e. The minimum Gasteiger partial charge on any atom is -0.467 e. The number of rotatable bonds is 4. The Morgan fingerprint density at radius 2 is 2.31 bits per heavy atom. The first-order chi connectivity index (χ1) is 7.68. The summed E-state index contributed by atoms with van der Waals surface area (Å²) in [7, 11) is 0. The zero-order valence-electron chi connectivity index (χ0n) is 9.37. The fourth-order valence-electron chi connectivity index (χ4n) is 1.61. The van der Waals surface area contributed by atoms with Crippen LogP contribution < -0.4 is 0 Å². The van der Waals surface area contributed by atoms with Crippen molar-refractivity contribution in [3.05, 3.63) is 36.3 Å². The van der Waals surface area contributed by atoms with E-state index in [-0.39, 0.29) is 6.04 Å². The molecule has 5 heteroatoms. The van der Waals surface area contributed by atoms with Crippen LogP contribution in [0, 0.1) is 0 Å². The summed E-state index contributed by atoms with van der Waals surface area (Å²) in [4.78, 5) is 4.14. The Morgan fingerprint density at radius 1 is 1.50 bits per heavy atom. The van der Waals surface area contributed by atoms with Crippen molar-refractivity contribution in [2.45, 2.75) is 32.4 Å². The van der Waals surface area contributed by atoms with Gasteiger partial charge in [-0.2, -0.15) is 5.10 Å². The summed E-state index contributed by atoms with van der Waals surface area (Å²) in [5.74, 6) is 1.32. The number of hydrogen-bond donors (Lipinski definition) is 1. The standard InChI is InChI=1S/C11H15N3O2/c1-8(2)14-11(12-7-13-14)6-9(15)10-4-3-5-16-10/h3-5,7-9,15H,6H2,1-2H3. The summed E-state index contributed by atoms with van der Waals surface area (Å²) in [5.41, 5.74) is 0. The molecule has 0 aliphatic rings. The second kappa shape index (κ2) is 4.49. The molecule has 1 unspecified atom stereocenters. The van der Waals surface area contributed by atoms with Crippen molar-refractivity contribution in [2.24, 2.45) is 0 Å². The molecular formula is C11H15N3O2. The summed E-state index contributed by atoms with van der Waals surface area (Å²) in [6, 6.07) is 3.74. The van der Waals surface area contributed by atoms with Gasteiger partial charge in [-0.05, 0) is 26.0 Å². The van der Waals surface area contributed by atoms with Crippen molar-refractivity contribution in [3.63, 3.8) is 0 Å². The summed E-state index contributed by atoms with van der Waals surface area (Å²) in [6.07, 6.45) is 2.79. The van der Waals surface area contributed by atoms with E-state index in [1.165, 1.54) is 6.33 Å².